The number of nitrogens with zero attached hydrogens (tertiary/aromatic N) is 5. The summed E-state index contributed by atoms with van der Waals surface area (Å²) in [4.78, 5) is 46.2. The molecule has 39 heavy (non-hydrogen) atoms. The van der Waals surface area contributed by atoms with Crippen molar-refractivity contribution >= 4 is 35.0 Å². The summed E-state index contributed by atoms with van der Waals surface area (Å²) in [6, 6.07) is 1.39. The Kier molecular flexibility index (Phi) is 7.45. The zero-order valence-electron chi connectivity index (χ0n) is 22.3. The number of rotatable bonds is 2. The lowest BCUT2D eigenvalue weighted by molar-refractivity contribution is -0.139. The lowest BCUT2D eigenvalue weighted by Gasteiger charge is -2.44. The van der Waals surface area contributed by atoms with Crippen LogP contribution >= 0.6 is 11.6 Å². The molecule has 0 aliphatic carbocycles. The number of ether oxygens (including phenoxy) is 1. The monoisotopic (exact) mass is 561 g/mol. The van der Waals surface area contributed by atoms with Gasteiger partial charge in [-0.25, -0.2) is 9.40 Å². The van der Waals surface area contributed by atoms with E-state index in [-0.39, 0.29) is 52.3 Å². The Hall–Kier alpha value is -3.34. The Morgan fingerprint density at radius 2 is 1.85 bits per heavy atom. The van der Waals surface area contributed by atoms with Crippen LogP contribution in [0.15, 0.2) is 28.7 Å². The molecule has 10 nitrogen and oxygen atoms in total. The van der Waals surface area contributed by atoms with E-state index in [2.05, 4.69) is 5.10 Å². The quantitative estimate of drug-likeness (QED) is 0.595. The second-order valence-corrected chi connectivity index (χ2v) is 10.7. The third kappa shape index (κ3) is 4.60. The van der Waals surface area contributed by atoms with Crippen molar-refractivity contribution in [3.63, 3.8) is 0 Å². The fourth-order valence-corrected chi connectivity index (χ4v) is 6.08. The van der Waals surface area contributed by atoms with E-state index >= 15 is 0 Å². The van der Waals surface area contributed by atoms with Gasteiger partial charge >= 0.3 is 0 Å². The average Bonchev–Trinajstić information content (AvgIpc) is 3.23. The first-order valence-corrected chi connectivity index (χ1v) is 13.9. The van der Waals surface area contributed by atoms with Crippen LogP contribution in [-0.4, -0.2) is 93.1 Å². The molecule has 0 saturated carbocycles. The Morgan fingerprint density at radius 3 is 2.56 bits per heavy atom. The van der Waals surface area contributed by atoms with Crippen LogP contribution in [0.2, 0.25) is 5.02 Å². The van der Waals surface area contributed by atoms with E-state index in [4.69, 9.17) is 16.3 Å². The molecule has 5 rings (SSSR count). The van der Waals surface area contributed by atoms with E-state index in [1.165, 1.54) is 12.1 Å². The fraction of sp³-hybridized carbons (Fsp3) is 0.556. The van der Waals surface area contributed by atoms with Crippen molar-refractivity contribution in [2.75, 3.05) is 32.8 Å². The van der Waals surface area contributed by atoms with Crippen LogP contribution in [0.3, 0.4) is 0 Å². The molecule has 2 bridgehead atoms. The number of aliphatic hydroxyl groups is 1. The summed E-state index contributed by atoms with van der Waals surface area (Å²) in [5.41, 5.74) is 0.536. The number of likely N-dealkylation sites (N-methyl/N-ethyl adjacent to an activating group) is 1. The Bertz CT molecular complexity index is 1270. The fourth-order valence-electron chi connectivity index (χ4n) is 5.90. The summed E-state index contributed by atoms with van der Waals surface area (Å²) < 4.78 is 20.2. The van der Waals surface area contributed by atoms with Crippen LogP contribution in [-0.2, 0) is 20.9 Å². The smallest absolute Gasteiger partial charge is 0.273 e. The van der Waals surface area contributed by atoms with Crippen LogP contribution < -0.4 is 4.74 Å². The topological polar surface area (TPSA) is 106 Å². The lowest BCUT2D eigenvalue weighted by Crippen LogP contribution is -2.61. The van der Waals surface area contributed by atoms with Gasteiger partial charge in [0.25, 0.3) is 17.7 Å². The molecule has 12 heteroatoms. The van der Waals surface area contributed by atoms with E-state index in [0.29, 0.717) is 51.2 Å². The van der Waals surface area contributed by atoms with Crippen LogP contribution in [0.25, 0.3) is 0 Å². The van der Waals surface area contributed by atoms with Crippen LogP contribution in [0.5, 0.6) is 5.75 Å². The molecule has 1 N–H and O–H groups in total. The van der Waals surface area contributed by atoms with Gasteiger partial charge in [-0.1, -0.05) is 11.6 Å². The highest BCUT2D eigenvalue weighted by atomic mass is 35.5. The van der Waals surface area contributed by atoms with Crippen molar-refractivity contribution in [1.82, 2.24) is 19.7 Å². The van der Waals surface area contributed by atoms with Crippen molar-refractivity contribution in [2.45, 2.75) is 58.7 Å². The molecule has 210 valence electrons. The van der Waals surface area contributed by atoms with E-state index in [1.54, 1.807) is 14.7 Å². The van der Waals surface area contributed by atoms with Gasteiger partial charge in [-0.2, -0.15) is 5.10 Å². The summed E-state index contributed by atoms with van der Waals surface area (Å²) in [6.07, 6.45) is 2.20. The van der Waals surface area contributed by atoms with Gasteiger partial charge in [0.1, 0.15) is 34.7 Å². The maximum Gasteiger partial charge on any atom is 0.273 e. The molecule has 4 heterocycles. The first-order valence-electron chi connectivity index (χ1n) is 13.5. The minimum Gasteiger partial charge on any atom is -0.509 e. The molecule has 3 atom stereocenters. The van der Waals surface area contributed by atoms with E-state index in [9.17, 15) is 23.9 Å². The van der Waals surface area contributed by atoms with Gasteiger partial charge in [-0.15, -0.1) is 0 Å². The van der Waals surface area contributed by atoms with Crippen molar-refractivity contribution in [3.05, 3.63) is 40.0 Å². The normalized spacial score (nSPS) is 26.1. The Morgan fingerprint density at radius 1 is 1.10 bits per heavy atom. The molecule has 0 aromatic heterocycles. The first kappa shape index (κ1) is 27.2. The number of carbonyl (C=O) groups is 3. The summed E-state index contributed by atoms with van der Waals surface area (Å²) in [5, 5.41) is 16.9. The minimum atomic E-state index is -1.19. The molecule has 2 unspecified atom stereocenters. The van der Waals surface area contributed by atoms with Crippen LogP contribution in [0, 0.1) is 11.7 Å². The second-order valence-electron chi connectivity index (χ2n) is 10.3. The SMILES string of the molecule is CCN1CCCCCOc2cc(F)c(Cl)cc2CN2N=C(C1=O)C1C(C2=O)C(O)=C2C(=O)N(CC)C[C@H](C)N21. The largest absolute Gasteiger partial charge is 0.509 e. The number of halogens is 2. The molecule has 3 amide bonds. The number of benzene rings is 1. The third-order valence-corrected chi connectivity index (χ3v) is 8.20. The van der Waals surface area contributed by atoms with Gasteiger partial charge in [0.05, 0.1) is 24.2 Å². The number of piperazine rings is 1. The van der Waals surface area contributed by atoms with E-state index < -0.39 is 23.7 Å². The van der Waals surface area contributed by atoms with Crippen molar-refractivity contribution in [2.24, 2.45) is 11.0 Å². The number of hydrogen-bond donors (Lipinski definition) is 1. The third-order valence-electron chi connectivity index (χ3n) is 7.91. The maximum absolute atomic E-state index is 14.3. The van der Waals surface area contributed by atoms with E-state index in [0.717, 1.165) is 11.4 Å². The number of hydrogen-bond acceptors (Lipinski definition) is 7. The molecule has 4 aliphatic heterocycles. The standard InChI is InChI=1S/C27H33ClFN5O5/c1-4-31-9-7-6-8-10-39-19-12-18(29)17(28)11-16(19)14-33-25(36)20-22(21(30-33)26(31)37)34-15(3)13-32(5-2)27(38)23(34)24(20)35/h11-12,15,20,22,35H,4-10,13-14H2,1-3H3/t15-,20?,22?/m0/s1. The van der Waals surface area contributed by atoms with Crippen molar-refractivity contribution in [3.8, 4) is 5.75 Å². The summed E-state index contributed by atoms with van der Waals surface area (Å²) >= 11 is 6.08. The number of fused-ring (bicyclic) bond motifs is 6. The highest BCUT2D eigenvalue weighted by Gasteiger charge is 2.58. The van der Waals surface area contributed by atoms with E-state index in [1.807, 2.05) is 20.8 Å². The van der Waals surface area contributed by atoms with Gasteiger partial charge in [0.15, 0.2) is 0 Å². The predicted molar refractivity (Wildman–Crippen MR) is 141 cm³/mol. The summed E-state index contributed by atoms with van der Waals surface area (Å²) in [6.45, 7) is 7.54. The summed E-state index contributed by atoms with van der Waals surface area (Å²) in [5.74, 6) is -3.26. The Balaban J connectivity index is 1.64. The molecular formula is C27H33ClFN5O5. The molecule has 0 spiro atoms. The minimum absolute atomic E-state index is 0.0381. The number of carbonyl (C=O) groups excluding carboxylic acids is 3. The molecule has 0 radical (unpaired) electrons. The van der Waals surface area contributed by atoms with Gasteiger partial charge in [-0.05, 0) is 46.1 Å². The Labute approximate surface area is 231 Å². The molecule has 1 saturated heterocycles. The average molecular weight is 562 g/mol. The first-order chi connectivity index (χ1) is 18.7. The van der Waals surface area contributed by atoms with Crippen LogP contribution in [0.4, 0.5) is 4.39 Å². The number of hydrazone groups is 1. The van der Waals surface area contributed by atoms with Crippen molar-refractivity contribution in [1.29, 1.82) is 0 Å². The molecule has 4 aliphatic rings. The summed E-state index contributed by atoms with van der Waals surface area (Å²) in [7, 11) is 0. The zero-order valence-corrected chi connectivity index (χ0v) is 23.1. The number of aliphatic hydroxyl groups excluding tert-OH is 1. The van der Waals surface area contributed by atoms with Gasteiger partial charge in [0.2, 0.25) is 0 Å². The maximum atomic E-state index is 14.3. The predicted octanol–water partition coefficient (Wildman–Crippen LogP) is 2.91. The molecule has 1 aromatic carbocycles. The van der Waals surface area contributed by atoms with Crippen molar-refractivity contribution < 1.29 is 28.6 Å². The lowest BCUT2D eigenvalue weighted by atomic mass is 9.91. The van der Waals surface area contributed by atoms with Gasteiger partial charge in [-0.3, -0.25) is 14.4 Å². The second kappa shape index (κ2) is 10.7. The molecule has 1 fully saturated rings. The highest BCUT2D eigenvalue weighted by Crippen LogP contribution is 2.42. The molecular weight excluding hydrogens is 529 g/mol. The van der Waals surface area contributed by atoms with Crippen LogP contribution in [0.1, 0.15) is 45.6 Å². The van der Waals surface area contributed by atoms with Gasteiger partial charge < -0.3 is 24.5 Å². The van der Waals surface area contributed by atoms with Gasteiger partial charge in [0, 0.05) is 43.9 Å². The number of amides is 3. The highest BCUT2D eigenvalue weighted by molar-refractivity contribution is 6.42. The zero-order chi connectivity index (χ0) is 28.0. The molecule has 1 aromatic rings.